The van der Waals surface area contributed by atoms with Gasteiger partial charge in [0.2, 0.25) is 5.95 Å². The standard InChI is InChI=1S/C14H12F2N2O/c1-18(9-10-4-2-5-11(15)8-10)14(19)12-6-3-7-17-13(12)16/h2-8H,9H2,1H3. The lowest BCUT2D eigenvalue weighted by Crippen LogP contribution is -2.27. The SMILES string of the molecule is CN(Cc1cccc(F)c1)C(=O)c1cccnc1F. The van der Waals surface area contributed by atoms with Crippen molar-refractivity contribution in [2.24, 2.45) is 0 Å². The number of carbonyl (C=O) groups is 1. The van der Waals surface area contributed by atoms with Gasteiger partial charge >= 0.3 is 0 Å². The van der Waals surface area contributed by atoms with Crippen molar-refractivity contribution in [3.63, 3.8) is 0 Å². The van der Waals surface area contributed by atoms with Crippen molar-refractivity contribution < 1.29 is 13.6 Å². The van der Waals surface area contributed by atoms with Crippen LogP contribution in [0, 0.1) is 11.8 Å². The molecule has 3 nitrogen and oxygen atoms in total. The van der Waals surface area contributed by atoms with Gasteiger partial charge in [0.1, 0.15) is 5.82 Å². The molecule has 19 heavy (non-hydrogen) atoms. The number of carbonyl (C=O) groups excluding carboxylic acids is 1. The van der Waals surface area contributed by atoms with E-state index in [1.165, 1.54) is 42.4 Å². The van der Waals surface area contributed by atoms with E-state index in [1.807, 2.05) is 0 Å². The topological polar surface area (TPSA) is 33.2 Å². The van der Waals surface area contributed by atoms with Crippen LogP contribution in [0.1, 0.15) is 15.9 Å². The summed E-state index contributed by atoms with van der Waals surface area (Å²) >= 11 is 0. The molecule has 1 heterocycles. The maximum absolute atomic E-state index is 13.4. The minimum Gasteiger partial charge on any atom is -0.337 e. The second-order valence-corrected chi connectivity index (χ2v) is 4.13. The zero-order valence-electron chi connectivity index (χ0n) is 10.3. The number of pyridine rings is 1. The fourth-order valence-corrected chi connectivity index (χ4v) is 1.73. The van der Waals surface area contributed by atoms with Crippen LogP contribution in [0.3, 0.4) is 0 Å². The normalized spacial score (nSPS) is 10.3. The van der Waals surface area contributed by atoms with Gasteiger partial charge in [-0.25, -0.2) is 9.37 Å². The largest absolute Gasteiger partial charge is 0.337 e. The number of aromatic nitrogens is 1. The lowest BCUT2D eigenvalue weighted by molar-refractivity contribution is 0.0779. The first-order chi connectivity index (χ1) is 9.08. The van der Waals surface area contributed by atoms with Crippen LogP contribution in [-0.2, 0) is 6.54 Å². The summed E-state index contributed by atoms with van der Waals surface area (Å²) in [5.41, 5.74) is 0.543. The van der Waals surface area contributed by atoms with Crippen LogP contribution < -0.4 is 0 Å². The number of benzene rings is 1. The summed E-state index contributed by atoms with van der Waals surface area (Å²) in [4.78, 5) is 16.8. The average molecular weight is 262 g/mol. The zero-order chi connectivity index (χ0) is 13.8. The summed E-state index contributed by atoms with van der Waals surface area (Å²) in [5.74, 6) is -1.67. The Morgan fingerprint density at radius 3 is 2.74 bits per heavy atom. The number of halogens is 2. The van der Waals surface area contributed by atoms with Gasteiger partial charge in [-0.2, -0.15) is 4.39 Å². The quantitative estimate of drug-likeness (QED) is 0.797. The minimum atomic E-state index is -0.807. The minimum absolute atomic E-state index is 0.0959. The molecule has 0 saturated carbocycles. The van der Waals surface area contributed by atoms with E-state index in [9.17, 15) is 13.6 Å². The summed E-state index contributed by atoms with van der Waals surface area (Å²) in [6.07, 6.45) is 1.28. The Labute approximate surface area is 109 Å². The molecule has 0 unspecified atom stereocenters. The molecule has 0 saturated heterocycles. The third-order valence-corrected chi connectivity index (χ3v) is 2.64. The molecule has 0 aliphatic heterocycles. The molecule has 2 aromatic rings. The molecular weight excluding hydrogens is 250 g/mol. The molecule has 0 atom stereocenters. The number of hydrogen-bond acceptors (Lipinski definition) is 2. The summed E-state index contributed by atoms with van der Waals surface area (Å²) in [5, 5.41) is 0. The van der Waals surface area contributed by atoms with Gasteiger partial charge in [0.25, 0.3) is 5.91 Å². The number of rotatable bonds is 3. The van der Waals surface area contributed by atoms with Gasteiger partial charge in [0.05, 0.1) is 5.56 Å². The Balaban J connectivity index is 2.14. The van der Waals surface area contributed by atoms with Crippen LogP contribution in [0.2, 0.25) is 0 Å². The van der Waals surface area contributed by atoms with Gasteiger partial charge in [0.15, 0.2) is 0 Å². The lowest BCUT2D eigenvalue weighted by atomic mass is 10.2. The fraction of sp³-hybridized carbons (Fsp3) is 0.143. The van der Waals surface area contributed by atoms with E-state index >= 15 is 0 Å². The second kappa shape index (κ2) is 5.56. The highest BCUT2D eigenvalue weighted by atomic mass is 19.1. The summed E-state index contributed by atoms with van der Waals surface area (Å²) in [6.45, 7) is 0.199. The first kappa shape index (κ1) is 13.1. The molecule has 5 heteroatoms. The predicted molar refractivity (Wildman–Crippen MR) is 66.4 cm³/mol. The number of nitrogens with zero attached hydrogens (tertiary/aromatic N) is 2. The smallest absolute Gasteiger partial charge is 0.258 e. The molecule has 98 valence electrons. The van der Waals surface area contributed by atoms with Crippen molar-refractivity contribution in [2.75, 3.05) is 7.05 Å². The van der Waals surface area contributed by atoms with Crippen LogP contribution in [-0.4, -0.2) is 22.8 Å². The molecule has 1 aromatic heterocycles. The van der Waals surface area contributed by atoms with Gasteiger partial charge in [-0.1, -0.05) is 12.1 Å². The highest BCUT2D eigenvalue weighted by Crippen LogP contribution is 2.11. The maximum Gasteiger partial charge on any atom is 0.258 e. The highest BCUT2D eigenvalue weighted by molar-refractivity contribution is 5.93. The van der Waals surface area contributed by atoms with Crippen LogP contribution in [0.5, 0.6) is 0 Å². The van der Waals surface area contributed by atoms with Gasteiger partial charge in [0, 0.05) is 19.8 Å². The molecule has 0 radical (unpaired) electrons. The molecule has 0 fully saturated rings. The highest BCUT2D eigenvalue weighted by Gasteiger charge is 2.16. The molecule has 1 amide bonds. The van der Waals surface area contributed by atoms with Gasteiger partial charge < -0.3 is 4.90 Å². The Bertz CT molecular complexity index is 602. The van der Waals surface area contributed by atoms with Gasteiger partial charge in [-0.3, -0.25) is 4.79 Å². The van der Waals surface area contributed by atoms with E-state index in [1.54, 1.807) is 12.1 Å². The van der Waals surface area contributed by atoms with Gasteiger partial charge in [-0.15, -0.1) is 0 Å². The summed E-state index contributed by atoms with van der Waals surface area (Å²) in [6, 6.07) is 8.79. The molecule has 0 aliphatic rings. The molecule has 0 N–H and O–H groups in total. The number of amides is 1. The lowest BCUT2D eigenvalue weighted by Gasteiger charge is -2.17. The third kappa shape index (κ3) is 3.13. The Kier molecular flexibility index (Phi) is 3.85. The van der Waals surface area contributed by atoms with E-state index < -0.39 is 11.9 Å². The third-order valence-electron chi connectivity index (χ3n) is 2.64. The molecular formula is C14H12F2N2O. The molecule has 1 aromatic carbocycles. The monoisotopic (exact) mass is 262 g/mol. The molecule has 0 aliphatic carbocycles. The van der Waals surface area contributed by atoms with E-state index in [2.05, 4.69) is 4.98 Å². The molecule has 2 rings (SSSR count). The van der Waals surface area contributed by atoms with Gasteiger partial charge in [-0.05, 0) is 29.8 Å². The first-order valence-electron chi connectivity index (χ1n) is 5.68. The molecule has 0 spiro atoms. The van der Waals surface area contributed by atoms with Crippen LogP contribution in [0.4, 0.5) is 8.78 Å². The Hall–Kier alpha value is -2.30. The number of hydrogen-bond donors (Lipinski definition) is 0. The maximum atomic E-state index is 13.4. The van der Waals surface area contributed by atoms with Crippen molar-refractivity contribution in [2.45, 2.75) is 6.54 Å². The van der Waals surface area contributed by atoms with E-state index in [0.29, 0.717) is 5.56 Å². The summed E-state index contributed by atoms with van der Waals surface area (Å²) in [7, 11) is 1.53. The van der Waals surface area contributed by atoms with Crippen molar-refractivity contribution in [3.05, 3.63) is 65.5 Å². The van der Waals surface area contributed by atoms with Crippen molar-refractivity contribution in [1.29, 1.82) is 0 Å². The second-order valence-electron chi connectivity index (χ2n) is 4.13. The fourth-order valence-electron chi connectivity index (χ4n) is 1.73. The van der Waals surface area contributed by atoms with E-state index in [-0.39, 0.29) is 17.9 Å². The Morgan fingerprint density at radius 2 is 2.05 bits per heavy atom. The van der Waals surface area contributed by atoms with Crippen LogP contribution >= 0.6 is 0 Å². The first-order valence-corrected chi connectivity index (χ1v) is 5.68. The summed E-state index contributed by atoms with van der Waals surface area (Å²) < 4.78 is 26.4. The average Bonchev–Trinajstić information content (AvgIpc) is 2.38. The van der Waals surface area contributed by atoms with E-state index in [0.717, 1.165) is 0 Å². The van der Waals surface area contributed by atoms with Crippen LogP contribution in [0.15, 0.2) is 42.6 Å². The van der Waals surface area contributed by atoms with Crippen molar-refractivity contribution in [1.82, 2.24) is 9.88 Å². The van der Waals surface area contributed by atoms with Crippen molar-refractivity contribution >= 4 is 5.91 Å². The Morgan fingerprint density at radius 1 is 1.26 bits per heavy atom. The van der Waals surface area contributed by atoms with Crippen LogP contribution in [0.25, 0.3) is 0 Å². The predicted octanol–water partition coefficient (Wildman–Crippen LogP) is 2.63. The molecule has 0 bridgehead atoms. The van der Waals surface area contributed by atoms with E-state index in [4.69, 9.17) is 0 Å². The van der Waals surface area contributed by atoms with Crippen molar-refractivity contribution in [3.8, 4) is 0 Å². The zero-order valence-corrected chi connectivity index (χ0v) is 10.3.